The van der Waals surface area contributed by atoms with Gasteiger partial charge in [-0.25, -0.2) is 9.78 Å². The van der Waals surface area contributed by atoms with E-state index in [1.54, 1.807) is 24.1 Å². The number of methoxy groups -OCH3 is 1. The molecular weight excluding hydrogens is 308 g/mol. The van der Waals surface area contributed by atoms with Crippen LogP contribution in [0, 0.1) is 0 Å². The first-order valence-corrected chi connectivity index (χ1v) is 7.72. The zero-order valence-electron chi connectivity index (χ0n) is 13.3. The van der Waals surface area contributed by atoms with Crippen molar-refractivity contribution in [2.45, 2.75) is 25.4 Å². The molecule has 3 rings (SSSR count). The summed E-state index contributed by atoms with van der Waals surface area (Å²) in [5.74, 6) is -0.618. The third-order valence-electron chi connectivity index (χ3n) is 3.95. The van der Waals surface area contributed by atoms with Crippen LogP contribution in [0.25, 0.3) is 0 Å². The Morgan fingerprint density at radius 2 is 1.83 bits per heavy atom. The molecular formula is C18H18N2O4. The van der Waals surface area contributed by atoms with Crippen LogP contribution in [0.4, 0.5) is 0 Å². The fourth-order valence-corrected chi connectivity index (χ4v) is 2.50. The van der Waals surface area contributed by atoms with E-state index < -0.39 is 5.97 Å². The van der Waals surface area contributed by atoms with Crippen molar-refractivity contribution in [2.24, 2.45) is 0 Å². The summed E-state index contributed by atoms with van der Waals surface area (Å²) in [6.07, 6.45) is 1.92. The molecule has 6 heteroatoms. The average molecular weight is 326 g/mol. The molecule has 1 aliphatic carbocycles. The Balaban J connectivity index is 1.81. The van der Waals surface area contributed by atoms with Gasteiger partial charge in [0.25, 0.3) is 5.91 Å². The van der Waals surface area contributed by atoms with Crippen molar-refractivity contribution < 1.29 is 19.4 Å². The highest BCUT2D eigenvalue weighted by Gasteiger charge is 2.33. The van der Waals surface area contributed by atoms with Crippen LogP contribution in [-0.2, 0) is 6.54 Å². The number of carbonyl (C=O) groups excluding carboxylic acids is 1. The summed E-state index contributed by atoms with van der Waals surface area (Å²) in [4.78, 5) is 29.5. The lowest BCUT2D eigenvalue weighted by molar-refractivity contribution is 0.0689. The van der Waals surface area contributed by atoms with Crippen LogP contribution >= 0.6 is 0 Å². The van der Waals surface area contributed by atoms with Crippen molar-refractivity contribution in [3.05, 3.63) is 59.4 Å². The molecule has 0 saturated heterocycles. The number of hydrogen-bond donors (Lipinski definition) is 1. The van der Waals surface area contributed by atoms with E-state index in [0.717, 1.165) is 24.2 Å². The zero-order chi connectivity index (χ0) is 17.1. The first kappa shape index (κ1) is 16.0. The highest BCUT2D eigenvalue weighted by atomic mass is 16.5. The van der Waals surface area contributed by atoms with Crippen molar-refractivity contribution in [2.75, 3.05) is 7.11 Å². The van der Waals surface area contributed by atoms with Crippen molar-refractivity contribution >= 4 is 11.9 Å². The Labute approximate surface area is 139 Å². The predicted molar refractivity (Wildman–Crippen MR) is 87.1 cm³/mol. The SMILES string of the molecule is COc1ccc(CN(C(=O)c2cccc(C(=O)O)n2)C2CC2)cc1. The highest BCUT2D eigenvalue weighted by molar-refractivity contribution is 5.94. The molecule has 6 nitrogen and oxygen atoms in total. The number of hydrogen-bond acceptors (Lipinski definition) is 4. The van der Waals surface area contributed by atoms with E-state index in [0.29, 0.717) is 6.54 Å². The molecule has 124 valence electrons. The number of aromatic nitrogens is 1. The third-order valence-corrected chi connectivity index (χ3v) is 3.95. The maximum Gasteiger partial charge on any atom is 0.354 e. The summed E-state index contributed by atoms with van der Waals surface area (Å²) in [5.41, 5.74) is 1.03. The number of rotatable bonds is 6. The van der Waals surface area contributed by atoms with Gasteiger partial charge in [0.1, 0.15) is 17.1 Å². The van der Waals surface area contributed by atoms with Crippen molar-refractivity contribution in [3.63, 3.8) is 0 Å². The Hall–Kier alpha value is -2.89. The van der Waals surface area contributed by atoms with Crippen LogP contribution in [0.15, 0.2) is 42.5 Å². The van der Waals surface area contributed by atoms with E-state index in [-0.39, 0.29) is 23.3 Å². The summed E-state index contributed by atoms with van der Waals surface area (Å²) in [7, 11) is 1.61. The van der Waals surface area contributed by atoms with Gasteiger partial charge in [0.05, 0.1) is 7.11 Å². The van der Waals surface area contributed by atoms with Crippen LogP contribution in [-0.4, -0.2) is 40.0 Å². The number of nitrogens with zero attached hydrogens (tertiary/aromatic N) is 2. The summed E-state index contributed by atoms with van der Waals surface area (Å²) in [6, 6.07) is 12.2. The average Bonchev–Trinajstić information content (AvgIpc) is 3.44. The molecule has 0 bridgehead atoms. The van der Waals surface area contributed by atoms with Gasteiger partial charge in [-0.3, -0.25) is 4.79 Å². The number of carboxylic acid groups (broad SMARTS) is 1. The fourth-order valence-electron chi connectivity index (χ4n) is 2.50. The summed E-state index contributed by atoms with van der Waals surface area (Å²) in [5, 5.41) is 9.04. The Morgan fingerprint density at radius 3 is 2.42 bits per heavy atom. The van der Waals surface area contributed by atoms with Gasteiger partial charge in [-0.15, -0.1) is 0 Å². The Kier molecular flexibility index (Phi) is 4.46. The molecule has 1 amide bonds. The van der Waals surface area contributed by atoms with Crippen molar-refractivity contribution in [1.29, 1.82) is 0 Å². The molecule has 1 aromatic carbocycles. The van der Waals surface area contributed by atoms with Gasteiger partial charge in [-0.2, -0.15) is 0 Å². The minimum Gasteiger partial charge on any atom is -0.497 e. The number of pyridine rings is 1. The molecule has 1 aromatic heterocycles. The third kappa shape index (κ3) is 3.53. The highest BCUT2D eigenvalue weighted by Crippen LogP contribution is 2.30. The minimum absolute atomic E-state index is 0.124. The summed E-state index contributed by atoms with van der Waals surface area (Å²) in [6.45, 7) is 0.465. The Morgan fingerprint density at radius 1 is 1.17 bits per heavy atom. The molecule has 0 aliphatic heterocycles. The molecule has 0 radical (unpaired) electrons. The maximum absolute atomic E-state index is 12.8. The zero-order valence-corrected chi connectivity index (χ0v) is 13.3. The molecule has 24 heavy (non-hydrogen) atoms. The van der Waals surface area contributed by atoms with Gasteiger partial charge in [0, 0.05) is 12.6 Å². The van der Waals surface area contributed by atoms with E-state index in [4.69, 9.17) is 9.84 Å². The number of aromatic carboxylic acids is 1. The monoisotopic (exact) mass is 326 g/mol. The van der Waals surface area contributed by atoms with Crippen LogP contribution in [0.2, 0.25) is 0 Å². The summed E-state index contributed by atoms with van der Waals surface area (Å²) >= 11 is 0. The van der Waals surface area contributed by atoms with E-state index in [1.807, 2.05) is 24.3 Å². The molecule has 0 atom stereocenters. The van der Waals surface area contributed by atoms with Gasteiger partial charge in [0.2, 0.25) is 0 Å². The quantitative estimate of drug-likeness (QED) is 0.882. The lowest BCUT2D eigenvalue weighted by Crippen LogP contribution is -2.33. The van der Waals surface area contributed by atoms with E-state index in [2.05, 4.69) is 4.98 Å². The largest absolute Gasteiger partial charge is 0.497 e. The lowest BCUT2D eigenvalue weighted by atomic mass is 10.2. The van der Waals surface area contributed by atoms with Gasteiger partial charge in [-0.1, -0.05) is 18.2 Å². The van der Waals surface area contributed by atoms with Gasteiger partial charge < -0.3 is 14.7 Å². The van der Waals surface area contributed by atoms with Crippen LogP contribution in [0.5, 0.6) is 5.75 Å². The van der Waals surface area contributed by atoms with Crippen LogP contribution in [0.3, 0.4) is 0 Å². The van der Waals surface area contributed by atoms with Gasteiger partial charge >= 0.3 is 5.97 Å². The molecule has 1 heterocycles. The second-order valence-corrected chi connectivity index (χ2v) is 5.73. The molecule has 1 fully saturated rings. The molecule has 0 spiro atoms. The standard InChI is InChI=1S/C18H18N2O4/c1-24-14-9-5-12(6-10-14)11-20(13-7-8-13)17(21)15-3-2-4-16(19-15)18(22)23/h2-6,9-10,13H,7-8,11H2,1H3,(H,22,23). The number of ether oxygens (including phenoxy) is 1. The van der Waals surface area contributed by atoms with E-state index in [9.17, 15) is 9.59 Å². The van der Waals surface area contributed by atoms with Gasteiger partial charge in [-0.05, 0) is 42.7 Å². The molecule has 1 N–H and O–H groups in total. The maximum atomic E-state index is 12.8. The number of amides is 1. The number of carboxylic acids is 1. The minimum atomic E-state index is -1.14. The molecule has 2 aromatic rings. The normalized spacial score (nSPS) is 13.4. The summed E-state index contributed by atoms with van der Waals surface area (Å²) < 4.78 is 5.14. The molecule has 1 saturated carbocycles. The first-order chi connectivity index (χ1) is 11.6. The van der Waals surface area contributed by atoms with Crippen LogP contribution in [0.1, 0.15) is 39.4 Å². The first-order valence-electron chi connectivity index (χ1n) is 7.72. The lowest BCUT2D eigenvalue weighted by Gasteiger charge is -2.22. The second kappa shape index (κ2) is 6.70. The fraction of sp³-hybridized carbons (Fsp3) is 0.278. The van der Waals surface area contributed by atoms with Crippen LogP contribution < -0.4 is 4.74 Å². The molecule has 1 aliphatic rings. The Bertz CT molecular complexity index is 754. The smallest absolute Gasteiger partial charge is 0.354 e. The topological polar surface area (TPSA) is 79.7 Å². The number of benzene rings is 1. The van der Waals surface area contributed by atoms with E-state index >= 15 is 0 Å². The van der Waals surface area contributed by atoms with E-state index in [1.165, 1.54) is 6.07 Å². The number of carbonyl (C=O) groups is 2. The second-order valence-electron chi connectivity index (χ2n) is 5.73. The van der Waals surface area contributed by atoms with Gasteiger partial charge in [0.15, 0.2) is 0 Å². The van der Waals surface area contributed by atoms with Crippen molar-refractivity contribution in [3.8, 4) is 5.75 Å². The predicted octanol–water partition coefficient (Wildman–Crippen LogP) is 2.59. The van der Waals surface area contributed by atoms with Crippen molar-refractivity contribution in [1.82, 2.24) is 9.88 Å². The molecule has 0 unspecified atom stereocenters.